The van der Waals surface area contributed by atoms with Crippen molar-refractivity contribution in [1.82, 2.24) is 15.1 Å². The highest BCUT2D eigenvalue weighted by molar-refractivity contribution is 5.97. The van der Waals surface area contributed by atoms with Crippen molar-refractivity contribution in [1.29, 1.82) is 0 Å². The average Bonchev–Trinajstić information content (AvgIpc) is 2.86. The number of benzene rings is 1. The van der Waals surface area contributed by atoms with Gasteiger partial charge in [-0.05, 0) is 31.9 Å². The number of carboxylic acids is 1. The highest BCUT2D eigenvalue weighted by atomic mass is 16.4. The standard InChI is InChI=1S/C16H19N3O3/c1-4-13(16(21)22)18-15(20)12-9-17-19(11(12)3)14-8-6-5-7-10(14)2/h5-9,13H,4H2,1-3H3,(H,18,20)(H,21,22). The van der Waals surface area contributed by atoms with E-state index in [4.69, 9.17) is 5.11 Å². The van der Waals surface area contributed by atoms with E-state index in [9.17, 15) is 9.59 Å². The molecule has 1 aromatic heterocycles. The fourth-order valence-electron chi connectivity index (χ4n) is 2.25. The number of rotatable bonds is 5. The van der Waals surface area contributed by atoms with Crippen molar-refractivity contribution in [2.45, 2.75) is 33.2 Å². The summed E-state index contributed by atoms with van der Waals surface area (Å²) in [6, 6.07) is 6.83. The number of amides is 1. The Morgan fingerprint density at radius 3 is 2.59 bits per heavy atom. The Morgan fingerprint density at radius 2 is 2.00 bits per heavy atom. The van der Waals surface area contributed by atoms with Gasteiger partial charge in [0.25, 0.3) is 5.91 Å². The molecule has 0 saturated heterocycles. The van der Waals surface area contributed by atoms with E-state index in [1.165, 1.54) is 6.20 Å². The average molecular weight is 301 g/mol. The molecule has 116 valence electrons. The summed E-state index contributed by atoms with van der Waals surface area (Å²) in [6.07, 6.45) is 1.79. The van der Waals surface area contributed by atoms with E-state index >= 15 is 0 Å². The van der Waals surface area contributed by atoms with E-state index in [2.05, 4.69) is 10.4 Å². The number of aliphatic carboxylic acids is 1. The maximum absolute atomic E-state index is 12.2. The Balaban J connectivity index is 2.30. The van der Waals surface area contributed by atoms with Gasteiger partial charge in [-0.2, -0.15) is 5.10 Å². The number of nitrogens with one attached hydrogen (secondary N) is 1. The minimum Gasteiger partial charge on any atom is -0.480 e. The second kappa shape index (κ2) is 6.43. The molecule has 0 bridgehead atoms. The maximum atomic E-state index is 12.2. The number of carboxylic acid groups (broad SMARTS) is 1. The van der Waals surface area contributed by atoms with Crippen LogP contribution in [0.3, 0.4) is 0 Å². The molecule has 0 saturated carbocycles. The lowest BCUT2D eigenvalue weighted by Crippen LogP contribution is -2.40. The lowest BCUT2D eigenvalue weighted by Gasteiger charge is -2.12. The zero-order valence-electron chi connectivity index (χ0n) is 12.8. The molecule has 0 aliphatic rings. The molecule has 6 nitrogen and oxygen atoms in total. The minimum absolute atomic E-state index is 0.325. The van der Waals surface area contributed by atoms with Gasteiger partial charge in [0.05, 0.1) is 23.1 Å². The zero-order valence-corrected chi connectivity index (χ0v) is 12.8. The van der Waals surface area contributed by atoms with Crippen LogP contribution in [0, 0.1) is 13.8 Å². The first-order valence-electron chi connectivity index (χ1n) is 7.10. The normalized spacial score (nSPS) is 12.0. The van der Waals surface area contributed by atoms with E-state index in [0.717, 1.165) is 11.3 Å². The first-order valence-corrected chi connectivity index (χ1v) is 7.10. The summed E-state index contributed by atoms with van der Waals surface area (Å²) < 4.78 is 1.69. The van der Waals surface area contributed by atoms with Crippen molar-refractivity contribution < 1.29 is 14.7 Å². The van der Waals surface area contributed by atoms with Gasteiger partial charge in [-0.25, -0.2) is 9.48 Å². The van der Waals surface area contributed by atoms with Gasteiger partial charge >= 0.3 is 5.97 Å². The Labute approximate surface area is 128 Å². The summed E-state index contributed by atoms with van der Waals surface area (Å²) in [5.41, 5.74) is 2.98. The van der Waals surface area contributed by atoms with Gasteiger partial charge in [0.15, 0.2) is 0 Å². The molecular weight excluding hydrogens is 282 g/mol. The third-order valence-electron chi connectivity index (χ3n) is 3.61. The van der Waals surface area contributed by atoms with Crippen LogP contribution in [0.5, 0.6) is 0 Å². The van der Waals surface area contributed by atoms with Gasteiger partial charge in [-0.15, -0.1) is 0 Å². The maximum Gasteiger partial charge on any atom is 0.326 e. The second-order valence-electron chi connectivity index (χ2n) is 5.11. The fourth-order valence-corrected chi connectivity index (χ4v) is 2.25. The number of carbonyl (C=O) groups excluding carboxylic acids is 1. The van der Waals surface area contributed by atoms with Gasteiger partial charge in [-0.3, -0.25) is 4.79 Å². The van der Waals surface area contributed by atoms with Crippen molar-refractivity contribution in [2.75, 3.05) is 0 Å². The first kappa shape index (κ1) is 15.8. The third kappa shape index (κ3) is 3.00. The smallest absolute Gasteiger partial charge is 0.326 e. The monoisotopic (exact) mass is 301 g/mol. The number of hydrogen-bond acceptors (Lipinski definition) is 3. The molecule has 0 aliphatic heterocycles. The molecule has 2 aromatic rings. The van der Waals surface area contributed by atoms with Gasteiger partial charge in [0.1, 0.15) is 6.04 Å². The summed E-state index contributed by atoms with van der Waals surface area (Å²) in [5, 5.41) is 15.8. The molecule has 1 heterocycles. The summed E-state index contributed by atoms with van der Waals surface area (Å²) in [4.78, 5) is 23.3. The summed E-state index contributed by atoms with van der Waals surface area (Å²) in [7, 11) is 0. The lowest BCUT2D eigenvalue weighted by atomic mass is 10.1. The van der Waals surface area contributed by atoms with Crippen molar-refractivity contribution in [2.24, 2.45) is 0 Å². The minimum atomic E-state index is -1.04. The zero-order chi connectivity index (χ0) is 16.3. The number of para-hydroxylation sites is 1. The number of carbonyl (C=O) groups is 2. The molecule has 0 radical (unpaired) electrons. The highest BCUT2D eigenvalue weighted by Gasteiger charge is 2.21. The number of nitrogens with zero attached hydrogens (tertiary/aromatic N) is 2. The van der Waals surface area contributed by atoms with Gasteiger partial charge in [0, 0.05) is 0 Å². The summed E-state index contributed by atoms with van der Waals surface area (Å²) in [6.45, 7) is 5.46. The Kier molecular flexibility index (Phi) is 4.60. The van der Waals surface area contributed by atoms with Crippen LogP contribution in [0.15, 0.2) is 30.5 Å². The van der Waals surface area contributed by atoms with Crippen molar-refractivity contribution >= 4 is 11.9 Å². The lowest BCUT2D eigenvalue weighted by molar-refractivity contribution is -0.139. The molecule has 2 N–H and O–H groups in total. The number of aromatic nitrogens is 2. The molecule has 22 heavy (non-hydrogen) atoms. The molecule has 1 unspecified atom stereocenters. The molecule has 0 fully saturated rings. The molecule has 1 amide bonds. The third-order valence-corrected chi connectivity index (χ3v) is 3.61. The van der Waals surface area contributed by atoms with Crippen LogP contribution in [-0.4, -0.2) is 32.8 Å². The van der Waals surface area contributed by atoms with Crippen LogP contribution in [0.25, 0.3) is 5.69 Å². The molecule has 2 rings (SSSR count). The largest absolute Gasteiger partial charge is 0.480 e. The molecule has 1 aromatic carbocycles. The predicted octanol–water partition coefficient (Wildman–Crippen LogP) is 2.08. The molecule has 1 atom stereocenters. The topological polar surface area (TPSA) is 84.2 Å². The van der Waals surface area contributed by atoms with Gasteiger partial charge in [-0.1, -0.05) is 25.1 Å². The van der Waals surface area contributed by atoms with Gasteiger partial charge < -0.3 is 10.4 Å². The summed E-state index contributed by atoms with van der Waals surface area (Å²) >= 11 is 0. The first-order chi connectivity index (χ1) is 10.5. The molecule has 0 spiro atoms. The second-order valence-corrected chi connectivity index (χ2v) is 5.11. The molecular formula is C16H19N3O3. The number of hydrogen-bond donors (Lipinski definition) is 2. The van der Waals surface area contributed by atoms with Crippen LogP contribution < -0.4 is 5.32 Å². The number of aryl methyl sites for hydroxylation is 1. The Morgan fingerprint density at radius 1 is 1.32 bits per heavy atom. The van der Waals surface area contributed by atoms with E-state index in [-0.39, 0.29) is 0 Å². The summed E-state index contributed by atoms with van der Waals surface area (Å²) in [5.74, 6) is -1.47. The molecule has 6 heteroatoms. The Bertz CT molecular complexity index is 706. The van der Waals surface area contributed by atoms with Gasteiger partial charge in [0.2, 0.25) is 0 Å². The van der Waals surface area contributed by atoms with Crippen LogP contribution >= 0.6 is 0 Å². The fraction of sp³-hybridized carbons (Fsp3) is 0.312. The van der Waals surface area contributed by atoms with E-state index in [1.807, 2.05) is 31.2 Å². The van der Waals surface area contributed by atoms with Crippen molar-refractivity contribution in [3.63, 3.8) is 0 Å². The highest BCUT2D eigenvalue weighted by Crippen LogP contribution is 2.17. The predicted molar refractivity (Wildman–Crippen MR) is 82.2 cm³/mol. The van der Waals surface area contributed by atoms with Crippen LogP contribution in [-0.2, 0) is 4.79 Å². The van der Waals surface area contributed by atoms with Crippen molar-refractivity contribution in [3.8, 4) is 5.69 Å². The Hall–Kier alpha value is -2.63. The van der Waals surface area contributed by atoms with E-state index in [0.29, 0.717) is 17.7 Å². The molecule has 0 aliphatic carbocycles. The van der Waals surface area contributed by atoms with Crippen LogP contribution in [0.1, 0.15) is 35.0 Å². The quantitative estimate of drug-likeness (QED) is 0.885. The van der Waals surface area contributed by atoms with E-state index in [1.54, 1.807) is 18.5 Å². The van der Waals surface area contributed by atoms with Crippen LogP contribution in [0.4, 0.5) is 0 Å². The van der Waals surface area contributed by atoms with Crippen LogP contribution in [0.2, 0.25) is 0 Å². The SMILES string of the molecule is CCC(NC(=O)c1cnn(-c2ccccc2C)c1C)C(=O)O. The van der Waals surface area contributed by atoms with E-state index < -0.39 is 17.9 Å². The van der Waals surface area contributed by atoms with Crippen molar-refractivity contribution in [3.05, 3.63) is 47.3 Å².